The number of nitrogens with zero attached hydrogens (tertiary/aromatic N) is 1. The highest BCUT2D eigenvalue weighted by Crippen LogP contribution is 2.25. The first-order chi connectivity index (χ1) is 13.0. The van der Waals surface area contributed by atoms with E-state index in [2.05, 4.69) is 17.6 Å². The lowest BCUT2D eigenvalue weighted by Gasteiger charge is -2.28. The fourth-order valence-electron chi connectivity index (χ4n) is 3.96. The molecule has 0 spiro atoms. The van der Waals surface area contributed by atoms with Crippen molar-refractivity contribution in [3.05, 3.63) is 29.3 Å². The lowest BCUT2D eigenvalue weighted by atomic mass is 9.84. The van der Waals surface area contributed by atoms with Crippen molar-refractivity contribution in [1.82, 2.24) is 10.2 Å². The summed E-state index contributed by atoms with van der Waals surface area (Å²) in [5.74, 6) is 3.19. The average Bonchev–Trinajstić information content (AvgIpc) is 2.70. The van der Waals surface area contributed by atoms with E-state index < -0.39 is 0 Å². The Morgan fingerprint density at radius 1 is 1.26 bits per heavy atom. The van der Waals surface area contributed by atoms with Crippen molar-refractivity contribution >= 4 is 29.3 Å². The molecule has 2 amide bonds. The van der Waals surface area contributed by atoms with Crippen molar-refractivity contribution in [2.45, 2.75) is 33.1 Å². The van der Waals surface area contributed by atoms with Crippen LogP contribution in [0.4, 0.5) is 5.69 Å². The van der Waals surface area contributed by atoms with Gasteiger partial charge < -0.3 is 15.5 Å². The third-order valence-electron chi connectivity index (χ3n) is 5.74. The Bertz CT molecular complexity index is 667. The average molecular weight is 390 g/mol. The van der Waals surface area contributed by atoms with Gasteiger partial charge in [-0.25, -0.2) is 0 Å². The summed E-state index contributed by atoms with van der Waals surface area (Å²) in [5, 5.41) is 6.42. The van der Waals surface area contributed by atoms with E-state index in [9.17, 15) is 9.59 Å². The molecule has 1 aromatic carbocycles. The Hall–Kier alpha value is -1.53. The van der Waals surface area contributed by atoms with Crippen LogP contribution in [-0.2, 0) is 4.79 Å². The standard InChI is InChI=1S/C21H31N3O2S/c1-15(17-5-7-22-8-6-17)14-20(25)23-19-4-3-18(13-16(19)2)21(26)24-9-11-27-12-10-24/h3-4,13,15,17,22H,5-12,14H2,1-2H3,(H,23,25). The summed E-state index contributed by atoms with van der Waals surface area (Å²) in [5.41, 5.74) is 2.46. The van der Waals surface area contributed by atoms with E-state index in [1.807, 2.05) is 41.8 Å². The summed E-state index contributed by atoms with van der Waals surface area (Å²) < 4.78 is 0. The molecular weight excluding hydrogens is 358 g/mol. The number of thioether (sulfide) groups is 1. The van der Waals surface area contributed by atoms with Gasteiger partial charge in [0.2, 0.25) is 5.91 Å². The fraction of sp³-hybridized carbons (Fsp3) is 0.619. The van der Waals surface area contributed by atoms with Gasteiger partial charge in [0.15, 0.2) is 0 Å². The maximum atomic E-state index is 12.6. The SMILES string of the molecule is Cc1cc(C(=O)N2CCSCC2)ccc1NC(=O)CC(C)C1CCNCC1. The van der Waals surface area contributed by atoms with Crippen LogP contribution in [0, 0.1) is 18.8 Å². The Labute approximate surface area is 166 Å². The second-order valence-corrected chi connectivity index (χ2v) is 8.98. The maximum Gasteiger partial charge on any atom is 0.253 e. The zero-order valence-electron chi connectivity index (χ0n) is 16.4. The van der Waals surface area contributed by atoms with Crippen LogP contribution >= 0.6 is 11.8 Å². The molecule has 6 heteroatoms. The largest absolute Gasteiger partial charge is 0.337 e. The van der Waals surface area contributed by atoms with Crippen LogP contribution < -0.4 is 10.6 Å². The van der Waals surface area contributed by atoms with Crippen molar-refractivity contribution in [3.63, 3.8) is 0 Å². The zero-order valence-corrected chi connectivity index (χ0v) is 17.2. The molecule has 0 aromatic heterocycles. The summed E-state index contributed by atoms with van der Waals surface area (Å²) in [6.07, 6.45) is 2.86. The van der Waals surface area contributed by atoms with E-state index in [0.717, 1.165) is 61.8 Å². The number of carbonyl (C=O) groups is 2. The lowest BCUT2D eigenvalue weighted by Crippen LogP contribution is -2.37. The molecule has 0 saturated carbocycles. The minimum absolute atomic E-state index is 0.0660. The monoisotopic (exact) mass is 389 g/mol. The van der Waals surface area contributed by atoms with E-state index >= 15 is 0 Å². The predicted octanol–water partition coefficient (Wildman–Crippen LogP) is 3.15. The number of anilines is 1. The number of amides is 2. The third-order valence-corrected chi connectivity index (χ3v) is 6.68. The molecule has 2 aliphatic rings. The van der Waals surface area contributed by atoms with Gasteiger partial charge in [-0.2, -0.15) is 11.8 Å². The van der Waals surface area contributed by atoms with Crippen molar-refractivity contribution in [3.8, 4) is 0 Å². The summed E-state index contributed by atoms with van der Waals surface area (Å²) in [7, 11) is 0. The van der Waals surface area contributed by atoms with Crippen LogP contribution in [0.5, 0.6) is 0 Å². The molecule has 2 saturated heterocycles. The van der Waals surface area contributed by atoms with Crippen LogP contribution in [-0.4, -0.2) is 54.4 Å². The van der Waals surface area contributed by atoms with E-state index in [4.69, 9.17) is 0 Å². The smallest absolute Gasteiger partial charge is 0.253 e. The van der Waals surface area contributed by atoms with Gasteiger partial charge in [0, 0.05) is 42.3 Å². The maximum absolute atomic E-state index is 12.6. The second kappa shape index (κ2) is 9.60. The number of carbonyl (C=O) groups excluding carboxylic acids is 2. The molecular formula is C21H31N3O2S. The van der Waals surface area contributed by atoms with E-state index in [0.29, 0.717) is 23.8 Å². The van der Waals surface area contributed by atoms with Crippen molar-refractivity contribution in [2.24, 2.45) is 11.8 Å². The first kappa shape index (κ1) is 20.2. The molecule has 3 rings (SSSR count). The second-order valence-electron chi connectivity index (χ2n) is 7.75. The highest BCUT2D eigenvalue weighted by molar-refractivity contribution is 7.99. The van der Waals surface area contributed by atoms with Gasteiger partial charge in [0.05, 0.1) is 0 Å². The first-order valence-electron chi connectivity index (χ1n) is 10.0. The van der Waals surface area contributed by atoms with Crippen molar-refractivity contribution in [2.75, 3.05) is 43.0 Å². The Balaban J connectivity index is 1.56. The number of hydrogen-bond acceptors (Lipinski definition) is 4. The molecule has 0 bridgehead atoms. The molecule has 0 radical (unpaired) electrons. The molecule has 1 atom stereocenters. The lowest BCUT2D eigenvalue weighted by molar-refractivity contribution is -0.117. The minimum atomic E-state index is 0.0660. The quantitative estimate of drug-likeness (QED) is 0.812. The highest BCUT2D eigenvalue weighted by Gasteiger charge is 2.23. The number of nitrogens with one attached hydrogen (secondary N) is 2. The summed E-state index contributed by atoms with van der Waals surface area (Å²) in [6, 6.07) is 5.60. The van der Waals surface area contributed by atoms with E-state index in [1.54, 1.807) is 0 Å². The molecule has 27 heavy (non-hydrogen) atoms. The topological polar surface area (TPSA) is 61.4 Å². The van der Waals surface area contributed by atoms with Crippen LogP contribution in [0.15, 0.2) is 18.2 Å². The van der Waals surface area contributed by atoms with Gasteiger partial charge in [0.25, 0.3) is 5.91 Å². The Morgan fingerprint density at radius 2 is 1.96 bits per heavy atom. The molecule has 1 aromatic rings. The normalized spacial score (nSPS) is 19.6. The number of rotatable bonds is 5. The number of hydrogen-bond donors (Lipinski definition) is 2. The summed E-state index contributed by atoms with van der Waals surface area (Å²) in [6.45, 7) is 7.88. The molecule has 2 heterocycles. The van der Waals surface area contributed by atoms with Crippen molar-refractivity contribution < 1.29 is 9.59 Å². The number of benzene rings is 1. The van der Waals surface area contributed by atoms with Gasteiger partial charge in [-0.3, -0.25) is 9.59 Å². The van der Waals surface area contributed by atoms with Crippen LogP contribution in [0.3, 0.4) is 0 Å². The molecule has 2 N–H and O–H groups in total. The van der Waals surface area contributed by atoms with Gasteiger partial charge in [-0.1, -0.05) is 6.92 Å². The molecule has 5 nitrogen and oxygen atoms in total. The first-order valence-corrected chi connectivity index (χ1v) is 11.2. The van der Waals surface area contributed by atoms with Crippen molar-refractivity contribution in [1.29, 1.82) is 0 Å². The molecule has 1 unspecified atom stereocenters. The highest BCUT2D eigenvalue weighted by atomic mass is 32.2. The molecule has 2 aliphatic heterocycles. The molecule has 0 aliphatic carbocycles. The van der Waals surface area contributed by atoms with E-state index in [1.165, 1.54) is 0 Å². The summed E-state index contributed by atoms with van der Waals surface area (Å²) >= 11 is 1.89. The fourth-order valence-corrected chi connectivity index (χ4v) is 4.86. The van der Waals surface area contributed by atoms with Crippen LogP contribution in [0.2, 0.25) is 0 Å². The number of aryl methyl sites for hydroxylation is 1. The molecule has 2 fully saturated rings. The third kappa shape index (κ3) is 5.48. The minimum Gasteiger partial charge on any atom is -0.337 e. The van der Waals surface area contributed by atoms with Gasteiger partial charge in [-0.05, 0) is 68.5 Å². The zero-order chi connectivity index (χ0) is 19.2. The van der Waals surface area contributed by atoms with Crippen LogP contribution in [0.1, 0.15) is 42.1 Å². The molecule has 148 valence electrons. The Kier molecular flexibility index (Phi) is 7.19. The van der Waals surface area contributed by atoms with Gasteiger partial charge in [-0.15, -0.1) is 0 Å². The van der Waals surface area contributed by atoms with Gasteiger partial charge >= 0.3 is 0 Å². The summed E-state index contributed by atoms with van der Waals surface area (Å²) in [4.78, 5) is 27.0. The Morgan fingerprint density at radius 3 is 2.63 bits per heavy atom. The van der Waals surface area contributed by atoms with Crippen LogP contribution in [0.25, 0.3) is 0 Å². The number of piperidine rings is 1. The predicted molar refractivity (Wildman–Crippen MR) is 112 cm³/mol. The van der Waals surface area contributed by atoms with Gasteiger partial charge in [0.1, 0.15) is 0 Å². The van der Waals surface area contributed by atoms with E-state index in [-0.39, 0.29) is 11.8 Å².